The zero-order chi connectivity index (χ0) is 11.6. The summed E-state index contributed by atoms with van der Waals surface area (Å²) in [7, 11) is 3.46. The molecule has 1 aromatic rings. The van der Waals surface area contributed by atoms with Crippen LogP contribution in [0.3, 0.4) is 0 Å². The molecular weight excluding hydrogens is 295 g/mol. The van der Waals surface area contributed by atoms with Gasteiger partial charge in [0.15, 0.2) is 0 Å². The van der Waals surface area contributed by atoms with Crippen LogP contribution in [0.2, 0.25) is 14.8 Å². The van der Waals surface area contributed by atoms with Crippen molar-refractivity contribution in [1.29, 1.82) is 0 Å². The van der Waals surface area contributed by atoms with Crippen LogP contribution in [0.1, 0.15) is 5.56 Å². The van der Waals surface area contributed by atoms with E-state index in [1.165, 1.54) is 9.14 Å². The van der Waals surface area contributed by atoms with Crippen LogP contribution >= 0.6 is 0 Å². The molecule has 84 valence electrons. The summed E-state index contributed by atoms with van der Waals surface area (Å²) < 4.78 is 12.3. The molecule has 0 spiro atoms. The van der Waals surface area contributed by atoms with Crippen LogP contribution in [-0.2, 0) is 0 Å². The Kier molecular flexibility index (Phi) is 3.92. The SMILES string of the molecule is COc1cc(C)cc(OC)[c]1[Sn]([CH3])([CH3])[CH3]. The van der Waals surface area contributed by atoms with Crippen LogP contribution in [-0.4, -0.2) is 32.6 Å². The second kappa shape index (κ2) is 4.64. The number of aryl methyl sites for hydroxylation is 1. The minimum absolute atomic E-state index is 0.996. The second-order valence-corrected chi connectivity index (χ2v) is 19.1. The van der Waals surface area contributed by atoms with E-state index in [0.717, 1.165) is 11.5 Å². The van der Waals surface area contributed by atoms with Crippen molar-refractivity contribution in [2.45, 2.75) is 21.7 Å². The third-order valence-corrected chi connectivity index (χ3v) is 8.09. The van der Waals surface area contributed by atoms with Crippen LogP contribution in [0, 0.1) is 6.92 Å². The number of benzene rings is 1. The molecule has 0 saturated heterocycles. The van der Waals surface area contributed by atoms with E-state index in [0.29, 0.717) is 0 Å². The molecule has 15 heavy (non-hydrogen) atoms. The summed E-state index contributed by atoms with van der Waals surface area (Å²) in [5, 5.41) is 0. The van der Waals surface area contributed by atoms with Crippen LogP contribution < -0.4 is 13.1 Å². The Morgan fingerprint density at radius 2 is 1.33 bits per heavy atom. The zero-order valence-corrected chi connectivity index (χ0v) is 13.3. The van der Waals surface area contributed by atoms with Crippen molar-refractivity contribution in [3.05, 3.63) is 17.7 Å². The fourth-order valence-corrected chi connectivity index (χ4v) is 7.00. The molecule has 0 aliphatic rings. The van der Waals surface area contributed by atoms with Gasteiger partial charge in [0.2, 0.25) is 0 Å². The minimum atomic E-state index is -2.18. The van der Waals surface area contributed by atoms with Gasteiger partial charge in [0.25, 0.3) is 0 Å². The van der Waals surface area contributed by atoms with Crippen LogP contribution in [0.5, 0.6) is 11.5 Å². The van der Waals surface area contributed by atoms with Gasteiger partial charge in [-0.25, -0.2) is 0 Å². The van der Waals surface area contributed by atoms with Gasteiger partial charge in [-0.05, 0) is 0 Å². The van der Waals surface area contributed by atoms with Gasteiger partial charge in [0, 0.05) is 0 Å². The monoisotopic (exact) mass is 316 g/mol. The molecule has 0 radical (unpaired) electrons. The quantitative estimate of drug-likeness (QED) is 0.798. The van der Waals surface area contributed by atoms with Gasteiger partial charge in [0.1, 0.15) is 0 Å². The van der Waals surface area contributed by atoms with Crippen LogP contribution in [0.4, 0.5) is 0 Å². The topological polar surface area (TPSA) is 18.5 Å². The molecule has 0 aliphatic carbocycles. The van der Waals surface area contributed by atoms with Crippen molar-refractivity contribution in [2.24, 2.45) is 0 Å². The second-order valence-electron chi connectivity index (χ2n) is 4.79. The summed E-state index contributed by atoms with van der Waals surface area (Å²) in [5.74, 6) is 1.99. The van der Waals surface area contributed by atoms with E-state index in [1.807, 2.05) is 0 Å². The van der Waals surface area contributed by atoms with Crippen LogP contribution in [0.15, 0.2) is 12.1 Å². The van der Waals surface area contributed by atoms with E-state index in [2.05, 4.69) is 33.9 Å². The van der Waals surface area contributed by atoms with Gasteiger partial charge >= 0.3 is 96.6 Å². The van der Waals surface area contributed by atoms with Gasteiger partial charge in [-0.1, -0.05) is 0 Å². The fourth-order valence-electron chi connectivity index (χ4n) is 1.78. The van der Waals surface area contributed by atoms with Gasteiger partial charge in [-0.2, -0.15) is 0 Å². The van der Waals surface area contributed by atoms with E-state index in [9.17, 15) is 0 Å². The van der Waals surface area contributed by atoms with E-state index >= 15 is 0 Å². The first kappa shape index (κ1) is 12.7. The molecule has 0 aliphatic heterocycles. The first-order chi connectivity index (χ1) is 6.90. The maximum atomic E-state index is 5.47. The molecule has 0 atom stereocenters. The van der Waals surface area contributed by atoms with Crippen molar-refractivity contribution in [3.63, 3.8) is 0 Å². The summed E-state index contributed by atoms with van der Waals surface area (Å²) in [6.07, 6.45) is 0. The Morgan fingerprint density at radius 3 is 1.60 bits per heavy atom. The number of methoxy groups -OCH3 is 2. The maximum absolute atomic E-state index is 5.47. The van der Waals surface area contributed by atoms with E-state index in [4.69, 9.17) is 9.47 Å². The average molecular weight is 315 g/mol. The van der Waals surface area contributed by atoms with Crippen LogP contribution in [0.25, 0.3) is 0 Å². The summed E-state index contributed by atoms with van der Waals surface area (Å²) in [6.45, 7) is 2.06. The predicted octanol–water partition coefficient (Wildman–Crippen LogP) is 2.56. The normalized spacial score (nSPS) is 11.3. The van der Waals surface area contributed by atoms with Crippen molar-refractivity contribution in [3.8, 4) is 11.5 Å². The number of hydrogen-bond acceptors (Lipinski definition) is 2. The molecule has 0 fully saturated rings. The number of hydrogen-bond donors (Lipinski definition) is 0. The molecule has 0 bridgehead atoms. The zero-order valence-electron chi connectivity index (χ0n) is 10.5. The average Bonchev–Trinajstić information content (AvgIpc) is 2.14. The molecule has 1 rings (SSSR count). The summed E-state index contributed by atoms with van der Waals surface area (Å²) >= 11 is -2.18. The van der Waals surface area contributed by atoms with Gasteiger partial charge in [0.05, 0.1) is 0 Å². The molecule has 0 aromatic heterocycles. The standard InChI is InChI=1S/C9H11O2.3CH3.Sn/c1-7-4-8(10-2)6-9(5-7)11-3;;;;/h4-5H,1-3H3;3*1H3;. The Bertz CT molecular complexity index is 328. The number of ether oxygens (including phenoxy) is 2. The molecule has 0 heterocycles. The molecular formula is C12H20O2Sn. The molecule has 0 saturated carbocycles. The van der Waals surface area contributed by atoms with Crippen molar-refractivity contribution < 1.29 is 9.47 Å². The van der Waals surface area contributed by atoms with E-state index < -0.39 is 18.4 Å². The van der Waals surface area contributed by atoms with E-state index in [1.54, 1.807) is 14.2 Å². The Morgan fingerprint density at radius 1 is 0.933 bits per heavy atom. The third-order valence-electron chi connectivity index (χ3n) is 2.40. The number of rotatable bonds is 3. The Hall–Kier alpha value is -0.381. The first-order valence-electron chi connectivity index (χ1n) is 5.13. The molecule has 0 amide bonds. The first-order valence-corrected chi connectivity index (χ1v) is 15.1. The van der Waals surface area contributed by atoms with Gasteiger partial charge < -0.3 is 0 Å². The summed E-state index contributed by atoms with van der Waals surface area (Å²) in [5.41, 5.74) is 1.18. The molecule has 2 nitrogen and oxygen atoms in total. The summed E-state index contributed by atoms with van der Waals surface area (Å²) in [6, 6.07) is 4.19. The molecule has 1 aromatic carbocycles. The molecule has 0 N–H and O–H groups in total. The molecule has 3 heteroatoms. The molecule has 0 unspecified atom stereocenters. The van der Waals surface area contributed by atoms with Crippen molar-refractivity contribution in [1.82, 2.24) is 0 Å². The fraction of sp³-hybridized carbons (Fsp3) is 0.500. The third kappa shape index (κ3) is 2.80. The van der Waals surface area contributed by atoms with E-state index in [-0.39, 0.29) is 0 Å². The Labute approximate surface area is 96.5 Å². The van der Waals surface area contributed by atoms with Crippen molar-refractivity contribution >= 4 is 22.0 Å². The van der Waals surface area contributed by atoms with Crippen molar-refractivity contribution in [2.75, 3.05) is 14.2 Å². The van der Waals surface area contributed by atoms with Gasteiger partial charge in [-0.3, -0.25) is 0 Å². The predicted molar refractivity (Wildman–Crippen MR) is 67.3 cm³/mol. The summed E-state index contributed by atoms with van der Waals surface area (Å²) in [4.78, 5) is 7.10. The van der Waals surface area contributed by atoms with Gasteiger partial charge in [-0.15, -0.1) is 0 Å². The Balaban J connectivity index is 3.44.